The second-order valence-electron chi connectivity index (χ2n) is 9.17. The normalized spacial score (nSPS) is 24.4. The molecule has 1 aliphatic rings. The van der Waals surface area contributed by atoms with Crippen molar-refractivity contribution in [3.05, 3.63) is 48.0 Å². The highest BCUT2D eigenvalue weighted by Gasteiger charge is 2.31. The number of nitrogens with one attached hydrogen (secondary N) is 4. The quantitative estimate of drug-likeness (QED) is 0.163. The predicted octanol–water partition coefficient (Wildman–Crippen LogP) is 0.577. The summed E-state index contributed by atoms with van der Waals surface area (Å²) in [7, 11) is 0. The van der Waals surface area contributed by atoms with Crippen LogP contribution in [0.25, 0.3) is 0 Å². The molecule has 2 rings (SSSR count). The highest BCUT2D eigenvalue weighted by molar-refractivity contribution is 7.80. The molecule has 10 nitrogen and oxygen atoms in total. The van der Waals surface area contributed by atoms with Crippen LogP contribution in [0.15, 0.2) is 42.5 Å². The molecule has 4 N–H and O–H groups in total. The van der Waals surface area contributed by atoms with E-state index in [1.807, 2.05) is 30.3 Å². The fourth-order valence-electron chi connectivity index (χ4n) is 3.70. The molecule has 1 heterocycles. The lowest BCUT2D eigenvalue weighted by Gasteiger charge is -2.27. The number of benzene rings is 1. The minimum Gasteiger partial charge on any atom is -0.456 e. The second-order valence-corrected chi connectivity index (χ2v) is 9.99. The van der Waals surface area contributed by atoms with E-state index in [4.69, 9.17) is 4.74 Å². The molecule has 0 bridgehead atoms. The SMILES string of the molecule is CC(C)[C@H]1NC(=O)[C@@H](CS)NC(=O)[C@@H](Cc2ccccc2)NC(=O)C[C@@H](/C=C/CCS)OC(=O)CNC1=O. The van der Waals surface area contributed by atoms with Gasteiger partial charge in [-0.15, -0.1) is 0 Å². The van der Waals surface area contributed by atoms with Crippen LogP contribution < -0.4 is 21.3 Å². The van der Waals surface area contributed by atoms with Gasteiger partial charge in [-0.2, -0.15) is 25.3 Å². The third-order valence-corrected chi connectivity index (χ3v) is 6.34. The smallest absolute Gasteiger partial charge is 0.326 e. The summed E-state index contributed by atoms with van der Waals surface area (Å²) in [5, 5.41) is 10.4. The summed E-state index contributed by atoms with van der Waals surface area (Å²) in [4.78, 5) is 64.5. The summed E-state index contributed by atoms with van der Waals surface area (Å²) >= 11 is 8.35. The van der Waals surface area contributed by atoms with E-state index < -0.39 is 60.4 Å². The molecule has 208 valence electrons. The molecule has 1 aliphatic heterocycles. The number of ether oxygens (including phenoxy) is 1. The summed E-state index contributed by atoms with van der Waals surface area (Å²) in [6.07, 6.45) is 2.92. The number of hydrogen-bond acceptors (Lipinski definition) is 8. The van der Waals surface area contributed by atoms with E-state index in [2.05, 4.69) is 46.5 Å². The largest absolute Gasteiger partial charge is 0.456 e. The number of carbonyl (C=O) groups excluding carboxylic acids is 5. The summed E-state index contributed by atoms with van der Waals surface area (Å²) in [5.74, 6) is -2.86. The Kier molecular flexibility index (Phi) is 13.2. The molecule has 4 atom stereocenters. The Morgan fingerprint density at radius 2 is 1.63 bits per heavy atom. The lowest BCUT2D eigenvalue weighted by molar-refractivity contribution is -0.148. The van der Waals surface area contributed by atoms with Crippen molar-refractivity contribution in [2.45, 2.75) is 57.3 Å². The minimum absolute atomic E-state index is 0.0413. The van der Waals surface area contributed by atoms with Crippen molar-refractivity contribution in [2.75, 3.05) is 18.1 Å². The van der Waals surface area contributed by atoms with Crippen molar-refractivity contribution < 1.29 is 28.7 Å². The lowest BCUT2D eigenvalue weighted by atomic mass is 10.0. The first kappa shape index (κ1) is 31.2. The van der Waals surface area contributed by atoms with Crippen molar-refractivity contribution in [1.82, 2.24) is 21.3 Å². The first-order valence-electron chi connectivity index (χ1n) is 12.4. The average Bonchev–Trinajstić information content (AvgIpc) is 2.88. The zero-order chi connectivity index (χ0) is 28.1. The van der Waals surface area contributed by atoms with Gasteiger partial charge in [0.1, 0.15) is 30.8 Å². The number of cyclic esters (lactones) is 1. The number of rotatable bonds is 7. The standard InChI is InChI=1S/C26H36N4O6S2/c1-16(2)23-26(35)27-14-22(32)36-18(10-6-7-11-37)13-21(31)28-19(12-17-8-4-3-5-9-17)24(33)29-20(15-38)25(34)30-23/h3-6,8-10,16,18-20,23,37-38H,7,11-15H2,1-2H3,(H,27,35)(H,28,31)(H,29,33)(H,30,34)/b10-6+/t18-,19-,20-,23-/m1/s1. The van der Waals surface area contributed by atoms with Gasteiger partial charge < -0.3 is 26.0 Å². The van der Waals surface area contributed by atoms with Crippen LogP contribution in [0.2, 0.25) is 0 Å². The number of amides is 4. The number of thiol groups is 2. The molecule has 38 heavy (non-hydrogen) atoms. The first-order chi connectivity index (χ1) is 18.1. The average molecular weight is 565 g/mol. The van der Waals surface area contributed by atoms with E-state index in [1.54, 1.807) is 26.0 Å². The van der Waals surface area contributed by atoms with Crippen molar-refractivity contribution in [3.63, 3.8) is 0 Å². The third kappa shape index (κ3) is 10.4. The van der Waals surface area contributed by atoms with Gasteiger partial charge in [0, 0.05) is 12.2 Å². The Hall–Kier alpha value is -2.99. The van der Waals surface area contributed by atoms with Gasteiger partial charge in [-0.1, -0.05) is 50.3 Å². The third-order valence-electron chi connectivity index (χ3n) is 5.72. The van der Waals surface area contributed by atoms with Crippen molar-refractivity contribution >= 4 is 54.9 Å². The van der Waals surface area contributed by atoms with Gasteiger partial charge in [-0.25, -0.2) is 0 Å². The summed E-state index contributed by atoms with van der Waals surface area (Å²) in [6, 6.07) is 6.05. The van der Waals surface area contributed by atoms with Crippen LogP contribution in [0.4, 0.5) is 0 Å². The van der Waals surface area contributed by atoms with E-state index in [-0.39, 0.29) is 24.5 Å². The second kappa shape index (κ2) is 16.1. The fraction of sp³-hybridized carbons (Fsp3) is 0.500. The van der Waals surface area contributed by atoms with Gasteiger partial charge in [-0.3, -0.25) is 24.0 Å². The minimum atomic E-state index is -1.06. The maximum Gasteiger partial charge on any atom is 0.326 e. The van der Waals surface area contributed by atoms with Crippen molar-refractivity contribution in [3.8, 4) is 0 Å². The lowest BCUT2D eigenvalue weighted by Crippen LogP contribution is -2.59. The van der Waals surface area contributed by atoms with Crippen molar-refractivity contribution in [2.24, 2.45) is 5.92 Å². The Balaban J connectivity index is 2.38. The molecule has 0 unspecified atom stereocenters. The Morgan fingerprint density at radius 1 is 0.947 bits per heavy atom. The van der Waals surface area contributed by atoms with E-state index in [0.717, 1.165) is 5.56 Å². The number of hydrogen-bond donors (Lipinski definition) is 6. The van der Waals surface area contributed by atoms with Gasteiger partial charge in [0.25, 0.3) is 0 Å². The highest BCUT2D eigenvalue weighted by Crippen LogP contribution is 2.09. The van der Waals surface area contributed by atoms with Crippen LogP contribution in [0.3, 0.4) is 0 Å². The van der Waals surface area contributed by atoms with E-state index in [1.165, 1.54) is 0 Å². The van der Waals surface area contributed by atoms with Gasteiger partial charge in [0.15, 0.2) is 0 Å². The fourth-order valence-corrected chi connectivity index (χ4v) is 4.11. The Morgan fingerprint density at radius 3 is 2.26 bits per heavy atom. The summed E-state index contributed by atoms with van der Waals surface area (Å²) in [5.41, 5.74) is 0.794. The van der Waals surface area contributed by atoms with Crippen LogP contribution in [-0.2, 0) is 35.1 Å². The molecule has 0 aromatic heterocycles. The Bertz CT molecular complexity index is 1000. The maximum atomic E-state index is 13.3. The van der Waals surface area contributed by atoms with Crippen LogP contribution in [-0.4, -0.2) is 71.9 Å². The van der Waals surface area contributed by atoms with Gasteiger partial charge >= 0.3 is 5.97 Å². The molecule has 1 fully saturated rings. The van der Waals surface area contributed by atoms with Gasteiger partial charge in [0.2, 0.25) is 23.6 Å². The zero-order valence-electron chi connectivity index (χ0n) is 21.5. The molecule has 0 saturated carbocycles. The molecular weight excluding hydrogens is 528 g/mol. The summed E-state index contributed by atoms with van der Waals surface area (Å²) < 4.78 is 5.42. The van der Waals surface area contributed by atoms with E-state index in [9.17, 15) is 24.0 Å². The van der Waals surface area contributed by atoms with Crippen LogP contribution in [0, 0.1) is 5.92 Å². The van der Waals surface area contributed by atoms with E-state index >= 15 is 0 Å². The highest BCUT2D eigenvalue weighted by atomic mass is 32.1. The maximum absolute atomic E-state index is 13.3. The first-order valence-corrected chi connectivity index (χ1v) is 13.7. The summed E-state index contributed by atoms with van der Waals surface area (Å²) in [6.45, 7) is 3.03. The predicted molar refractivity (Wildman–Crippen MR) is 150 cm³/mol. The molecule has 0 radical (unpaired) electrons. The van der Waals surface area contributed by atoms with Crippen LogP contribution in [0.5, 0.6) is 0 Å². The number of allylic oxidation sites excluding steroid dienone is 1. The molecule has 0 spiro atoms. The van der Waals surface area contributed by atoms with Crippen molar-refractivity contribution in [1.29, 1.82) is 0 Å². The zero-order valence-corrected chi connectivity index (χ0v) is 23.3. The molecule has 12 heteroatoms. The molecule has 1 aromatic rings. The topological polar surface area (TPSA) is 143 Å². The number of esters is 1. The molecular formula is C26H36N4O6S2. The van der Waals surface area contributed by atoms with Crippen LogP contribution in [0.1, 0.15) is 32.3 Å². The number of carbonyl (C=O) groups is 5. The molecule has 1 saturated heterocycles. The molecule has 4 amide bonds. The molecule has 0 aliphatic carbocycles. The van der Waals surface area contributed by atoms with E-state index in [0.29, 0.717) is 12.2 Å². The van der Waals surface area contributed by atoms with Gasteiger partial charge in [-0.05, 0) is 29.7 Å². The molecule has 1 aromatic carbocycles. The van der Waals surface area contributed by atoms with Gasteiger partial charge in [0.05, 0.1) is 6.42 Å². The monoisotopic (exact) mass is 564 g/mol. The van der Waals surface area contributed by atoms with Crippen LogP contribution >= 0.6 is 25.3 Å². The Labute approximate surface area is 233 Å².